The van der Waals surface area contributed by atoms with Crippen LogP contribution in [0.15, 0.2) is 30.9 Å². The minimum Gasteiger partial charge on any atom is -0.504 e. The number of ether oxygens (including phenoxy) is 1. The van der Waals surface area contributed by atoms with E-state index in [1.807, 2.05) is 0 Å². The molecule has 64 valence electrons. The highest BCUT2D eigenvalue weighted by molar-refractivity contribution is 6.32. The van der Waals surface area contributed by atoms with Crippen LogP contribution in [0.1, 0.15) is 0 Å². The Morgan fingerprint density at radius 2 is 2.31 bits per heavy atom. The molecular weight excluding hydrogens is 167 g/mol. The molecule has 0 amide bonds. The van der Waals surface area contributed by atoms with E-state index in [2.05, 4.69) is 11.3 Å². The van der Waals surface area contributed by atoms with Crippen LogP contribution in [0, 0.1) is 0 Å². The molecule has 4 heteroatoms. The fourth-order valence-corrected chi connectivity index (χ4v) is 0.763. The van der Waals surface area contributed by atoms with Gasteiger partial charge < -0.3 is 9.84 Å². The van der Waals surface area contributed by atoms with Gasteiger partial charge in [0.1, 0.15) is 7.85 Å². The van der Waals surface area contributed by atoms with Crippen molar-refractivity contribution in [3.63, 3.8) is 0 Å². The van der Waals surface area contributed by atoms with Gasteiger partial charge in [-0.2, -0.15) is 0 Å². The van der Waals surface area contributed by atoms with Gasteiger partial charge in [0.2, 0.25) is 0 Å². The highest BCUT2D eigenvalue weighted by atomic mass is 16.5. The summed E-state index contributed by atoms with van der Waals surface area (Å²) in [5.41, 5.74) is 0.407. The first-order valence-corrected chi connectivity index (χ1v) is 3.56. The van der Waals surface area contributed by atoms with Gasteiger partial charge in [-0.1, -0.05) is 18.1 Å². The Hall–Kier alpha value is -1.71. The second-order valence-electron chi connectivity index (χ2n) is 2.35. The standard InChI is InChI=1S/C9H7BO3/c1-2-9(12)13-8-5-6(10)3-4-7(8)11/h2-5,11H,1H2. The summed E-state index contributed by atoms with van der Waals surface area (Å²) in [6, 6.07) is 4.21. The topological polar surface area (TPSA) is 46.5 Å². The van der Waals surface area contributed by atoms with Crippen LogP contribution >= 0.6 is 0 Å². The molecule has 13 heavy (non-hydrogen) atoms. The highest BCUT2D eigenvalue weighted by Crippen LogP contribution is 2.23. The summed E-state index contributed by atoms with van der Waals surface area (Å²) in [5, 5.41) is 9.21. The first-order valence-electron chi connectivity index (χ1n) is 3.56. The average molecular weight is 174 g/mol. The molecule has 0 atom stereocenters. The van der Waals surface area contributed by atoms with Gasteiger partial charge in [0, 0.05) is 6.08 Å². The number of benzene rings is 1. The van der Waals surface area contributed by atoms with Crippen molar-refractivity contribution in [3.05, 3.63) is 30.9 Å². The van der Waals surface area contributed by atoms with Crippen molar-refractivity contribution in [1.82, 2.24) is 0 Å². The van der Waals surface area contributed by atoms with Gasteiger partial charge in [-0.15, -0.1) is 0 Å². The molecule has 3 nitrogen and oxygen atoms in total. The zero-order valence-electron chi connectivity index (χ0n) is 6.86. The lowest BCUT2D eigenvalue weighted by Gasteiger charge is -2.04. The smallest absolute Gasteiger partial charge is 0.335 e. The van der Waals surface area contributed by atoms with Gasteiger partial charge in [-0.05, 0) is 12.1 Å². The second-order valence-corrected chi connectivity index (χ2v) is 2.35. The summed E-state index contributed by atoms with van der Waals surface area (Å²) in [6.07, 6.45) is 1.00. The van der Waals surface area contributed by atoms with Crippen LogP contribution in [0.25, 0.3) is 0 Å². The molecule has 0 bridgehead atoms. The molecule has 0 saturated carbocycles. The zero-order valence-corrected chi connectivity index (χ0v) is 6.86. The molecule has 1 rings (SSSR count). The summed E-state index contributed by atoms with van der Waals surface area (Å²) in [4.78, 5) is 10.8. The minimum absolute atomic E-state index is 0.0323. The molecule has 0 heterocycles. The van der Waals surface area contributed by atoms with Crippen molar-refractivity contribution in [2.24, 2.45) is 0 Å². The largest absolute Gasteiger partial charge is 0.504 e. The first kappa shape index (κ1) is 9.38. The van der Waals surface area contributed by atoms with Gasteiger partial charge in [0.05, 0.1) is 0 Å². The number of esters is 1. The Kier molecular flexibility index (Phi) is 2.74. The van der Waals surface area contributed by atoms with Crippen LogP contribution < -0.4 is 10.2 Å². The number of carbonyl (C=O) groups is 1. The molecule has 0 aliphatic rings. The minimum atomic E-state index is -0.638. The Morgan fingerprint density at radius 3 is 2.92 bits per heavy atom. The van der Waals surface area contributed by atoms with Crippen LogP contribution in [0.4, 0.5) is 0 Å². The summed E-state index contributed by atoms with van der Waals surface area (Å²) in [7, 11) is 5.42. The van der Waals surface area contributed by atoms with E-state index in [0.717, 1.165) is 6.08 Å². The number of phenolic OH excluding ortho intramolecular Hbond substituents is 1. The maximum atomic E-state index is 10.8. The molecule has 1 aromatic carbocycles. The van der Waals surface area contributed by atoms with E-state index in [4.69, 9.17) is 7.85 Å². The highest BCUT2D eigenvalue weighted by Gasteiger charge is 2.05. The maximum Gasteiger partial charge on any atom is 0.335 e. The molecule has 0 fully saturated rings. The Balaban J connectivity index is 2.93. The number of hydrogen-bond donors (Lipinski definition) is 1. The first-order chi connectivity index (χ1) is 6.13. The van der Waals surface area contributed by atoms with E-state index in [1.54, 1.807) is 0 Å². The maximum absolute atomic E-state index is 10.8. The van der Waals surface area contributed by atoms with Crippen molar-refractivity contribution in [1.29, 1.82) is 0 Å². The van der Waals surface area contributed by atoms with Crippen molar-refractivity contribution in [3.8, 4) is 11.5 Å². The Bertz CT molecular complexity index is 347. The number of carbonyl (C=O) groups excluding carboxylic acids is 1. The second kappa shape index (κ2) is 3.80. The third-order valence-electron chi connectivity index (χ3n) is 1.36. The fraction of sp³-hybridized carbons (Fsp3) is 0. The van der Waals surface area contributed by atoms with Crippen LogP contribution in [0.3, 0.4) is 0 Å². The molecule has 1 N–H and O–H groups in total. The van der Waals surface area contributed by atoms with Gasteiger partial charge in [0.25, 0.3) is 0 Å². The van der Waals surface area contributed by atoms with Gasteiger partial charge in [0.15, 0.2) is 11.5 Å². The van der Waals surface area contributed by atoms with E-state index in [1.165, 1.54) is 18.2 Å². The molecule has 0 aromatic heterocycles. The molecule has 0 spiro atoms. The Labute approximate surface area is 77.1 Å². The van der Waals surface area contributed by atoms with Gasteiger partial charge in [-0.25, -0.2) is 4.79 Å². The fourth-order valence-electron chi connectivity index (χ4n) is 0.763. The van der Waals surface area contributed by atoms with Crippen molar-refractivity contribution >= 4 is 19.3 Å². The SMILES string of the molecule is [B]c1ccc(O)c(OC(=O)C=C)c1. The third kappa shape index (κ3) is 2.37. The van der Waals surface area contributed by atoms with Crippen molar-refractivity contribution < 1.29 is 14.6 Å². The monoisotopic (exact) mass is 174 g/mol. The number of rotatable bonds is 2. The summed E-state index contributed by atoms with van der Waals surface area (Å²) in [6.45, 7) is 3.22. The molecule has 2 radical (unpaired) electrons. The predicted molar refractivity (Wildman–Crippen MR) is 49.3 cm³/mol. The lowest BCUT2D eigenvalue weighted by molar-refractivity contribution is -0.129. The molecule has 0 aliphatic heterocycles. The quantitative estimate of drug-likeness (QED) is 0.303. The van der Waals surface area contributed by atoms with E-state index >= 15 is 0 Å². The van der Waals surface area contributed by atoms with E-state index in [-0.39, 0.29) is 11.5 Å². The summed E-state index contributed by atoms with van der Waals surface area (Å²) < 4.78 is 4.69. The summed E-state index contributed by atoms with van der Waals surface area (Å²) >= 11 is 0. The van der Waals surface area contributed by atoms with Crippen molar-refractivity contribution in [2.75, 3.05) is 0 Å². The van der Waals surface area contributed by atoms with Gasteiger partial charge in [-0.3, -0.25) is 0 Å². The van der Waals surface area contributed by atoms with Crippen LogP contribution in [-0.2, 0) is 4.79 Å². The van der Waals surface area contributed by atoms with Crippen molar-refractivity contribution in [2.45, 2.75) is 0 Å². The molecular formula is C9H7BO3. The summed E-state index contributed by atoms with van der Waals surface area (Å²) in [5.74, 6) is -0.741. The number of hydrogen-bond acceptors (Lipinski definition) is 3. The van der Waals surface area contributed by atoms with Crippen LogP contribution in [0.2, 0.25) is 0 Å². The predicted octanol–water partition coefficient (Wildman–Crippen LogP) is 0.277. The number of aromatic hydroxyl groups is 1. The normalized spacial score (nSPS) is 9.23. The third-order valence-corrected chi connectivity index (χ3v) is 1.36. The average Bonchev–Trinajstić information content (AvgIpc) is 2.11. The van der Waals surface area contributed by atoms with Crippen LogP contribution in [-0.4, -0.2) is 18.9 Å². The van der Waals surface area contributed by atoms with Crippen LogP contribution in [0.5, 0.6) is 11.5 Å². The molecule has 0 unspecified atom stereocenters. The van der Waals surface area contributed by atoms with Gasteiger partial charge >= 0.3 is 5.97 Å². The molecule has 1 aromatic rings. The van der Waals surface area contributed by atoms with E-state index < -0.39 is 5.97 Å². The van der Waals surface area contributed by atoms with E-state index in [9.17, 15) is 9.90 Å². The number of phenols is 1. The lowest BCUT2D eigenvalue weighted by atomic mass is 9.96. The molecule has 0 saturated heterocycles. The zero-order chi connectivity index (χ0) is 9.84. The van der Waals surface area contributed by atoms with E-state index in [0.29, 0.717) is 5.46 Å². The Morgan fingerprint density at radius 1 is 1.62 bits per heavy atom. The molecule has 0 aliphatic carbocycles. The lowest BCUT2D eigenvalue weighted by Crippen LogP contribution is -2.07.